The Morgan fingerprint density at radius 2 is 1.82 bits per heavy atom. The van der Waals surface area contributed by atoms with Crippen molar-refractivity contribution in [2.45, 2.75) is 38.6 Å². The van der Waals surface area contributed by atoms with Gasteiger partial charge in [-0.1, -0.05) is 19.9 Å². The van der Waals surface area contributed by atoms with Crippen LogP contribution in [0.2, 0.25) is 0 Å². The summed E-state index contributed by atoms with van der Waals surface area (Å²) < 4.78 is 0. The molecule has 0 aliphatic carbocycles. The van der Waals surface area contributed by atoms with Crippen molar-refractivity contribution >= 4 is 23.6 Å². The van der Waals surface area contributed by atoms with Crippen LogP contribution in [0.25, 0.3) is 0 Å². The van der Waals surface area contributed by atoms with Crippen molar-refractivity contribution in [3.63, 3.8) is 0 Å². The lowest BCUT2D eigenvalue weighted by Gasteiger charge is -2.27. The Kier molecular flexibility index (Phi) is 3.31. The highest BCUT2D eigenvalue weighted by molar-refractivity contribution is 6.23. The van der Waals surface area contributed by atoms with Gasteiger partial charge in [0.25, 0.3) is 11.8 Å². The number of carbonyl (C=O) groups excluding carboxylic acids is 4. The number of hydrogen-bond acceptors (Lipinski definition) is 4. The molecule has 1 unspecified atom stereocenters. The molecule has 0 saturated carbocycles. The molecule has 2 heterocycles. The smallest absolute Gasteiger partial charge is 0.262 e. The summed E-state index contributed by atoms with van der Waals surface area (Å²) in [6, 6.07) is 4.26. The maximum atomic E-state index is 12.5. The molecular formula is C16H18N2O4. The van der Waals surface area contributed by atoms with E-state index in [2.05, 4.69) is 5.32 Å². The van der Waals surface area contributed by atoms with Crippen LogP contribution < -0.4 is 5.32 Å². The van der Waals surface area contributed by atoms with Crippen molar-refractivity contribution in [3.05, 3.63) is 34.9 Å². The molecule has 1 aromatic rings. The Labute approximate surface area is 129 Å². The quantitative estimate of drug-likeness (QED) is 0.838. The molecule has 1 aromatic carbocycles. The second-order valence-electron chi connectivity index (χ2n) is 5.91. The van der Waals surface area contributed by atoms with Gasteiger partial charge < -0.3 is 0 Å². The van der Waals surface area contributed by atoms with Crippen molar-refractivity contribution in [2.24, 2.45) is 0 Å². The molecule has 2 aliphatic rings. The molecule has 1 fully saturated rings. The van der Waals surface area contributed by atoms with Crippen molar-refractivity contribution in [1.29, 1.82) is 0 Å². The molecule has 1 saturated heterocycles. The van der Waals surface area contributed by atoms with E-state index in [4.69, 9.17) is 0 Å². The molecule has 2 aliphatic heterocycles. The Bertz CT molecular complexity index is 714. The lowest BCUT2D eigenvalue weighted by molar-refractivity contribution is -0.136. The van der Waals surface area contributed by atoms with Gasteiger partial charge in [0.2, 0.25) is 11.8 Å². The minimum atomic E-state index is -0.910. The number of imide groups is 2. The summed E-state index contributed by atoms with van der Waals surface area (Å²) in [4.78, 5) is 49.1. The van der Waals surface area contributed by atoms with E-state index in [1.165, 1.54) is 0 Å². The molecule has 1 atom stereocenters. The number of carbonyl (C=O) groups is 4. The van der Waals surface area contributed by atoms with Crippen LogP contribution in [0.4, 0.5) is 0 Å². The van der Waals surface area contributed by atoms with Gasteiger partial charge in [0.15, 0.2) is 0 Å². The molecule has 6 nitrogen and oxygen atoms in total. The van der Waals surface area contributed by atoms with E-state index in [1.54, 1.807) is 12.1 Å². The van der Waals surface area contributed by atoms with E-state index in [0.29, 0.717) is 11.1 Å². The lowest BCUT2D eigenvalue weighted by Crippen LogP contribution is -2.54. The van der Waals surface area contributed by atoms with E-state index < -0.39 is 23.8 Å². The molecular weight excluding hydrogens is 284 g/mol. The van der Waals surface area contributed by atoms with Crippen LogP contribution in [0.1, 0.15) is 60.3 Å². The molecule has 0 spiro atoms. The zero-order valence-electron chi connectivity index (χ0n) is 12.4. The Hall–Kier alpha value is -2.50. The second kappa shape index (κ2) is 5.05. The molecule has 0 bridgehead atoms. The monoisotopic (exact) mass is 302 g/mol. The summed E-state index contributed by atoms with van der Waals surface area (Å²) in [6.07, 6.45) is 0.300. The van der Waals surface area contributed by atoms with Crippen LogP contribution in [0.3, 0.4) is 0 Å². The summed E-state index contributed by atoms with van der Waals surface area (Å²) in [5, 5.41) is 2.18. The van der Waals surface area contributed by atoms with Gasteiger partial charge in [0.05, 0.1) is 11.1 Å². The van der Waals surface area contributed by atoms with Crippen LogP contribution >= 0.6 is 0 Å². The van der Waals surface area contributed by atoms with E-state index in [0.717, 1.165) is 10.5 Å². The molecule has 4 amide bonds. The van der Waals surface area contributed by atoms with Gasteiger partial charge >= 0.3 is 0 Å². The molecule has 22 heavy (non-hydrogen) atoms. The van der Waals surface area contributed by atoms with Crippen molar-refractivity contribution in [3.8, 4) is 0 Å². The number of piperidine rings is 1. The second-order valence-corrected chi connectivity index (χ2v) is 5.91. The third kappa shape index (κ3) is 2.11. The topological polar surface area (TPSA) is 83.6 Å². The third-order valence-corrected chi connectivity index (χ3v) is 4.13. The first kappa shape index (κ1) is 14.4. The highest BCUT2D eigenvalue weighted by Crippen LogP contribution is 2.29. The first-order valence-electron chi connectivity index (χ1n) is 7.25. The first-order valence-corrected chi connectivity index (χ1v) is 7.25. The van der Waals surface area contributed by atoms with E-state index >= 15 is 0 Å². The Balaban J connectivity index is 0.00000192. The molecule has 116 valence electrons. The number of benzene rings is 1. The van der Waals surface area contributed by atoms with Crippen LogP contribution in [0, 0.1) is 0 Å². The third-order valence-electron chi connectivity index (χ3n) is 4.13. The van der Waals surface area contributed by atoms with Gasteiger partial charge in [-0.25, -0.2) is 0 Å². The standard InChI is InChI=1S/C16H16N2O4.H2/c1-8(2)9-3-4-10-11(7-9)16(22)18(15(10)21)12-5-6-13(19)17-14(12)20;/h3-4,7-8,12H,5-6H2,1-2H3,(H,17,19,20);1H. The fourth-order valence-electron chi connectivity index (χ4n) is 2.85. The van der Waals surface area contributed by atoms with Crippen LogP contribution in [0.5, 0.6) is 0 Å². The highest BCUT2D eigenvalue weighted by Gasteiger charge is 2.44. The number of nitrogens with zero attached hydrogens (tertiary/aromatic N) is 1. The average molecular weight is 302 g/mol. The minimum Gasteiger partial charge on any atom is -0.295 e. The summed E-state index contributed by atoms with van der Waals surface area (Å²) in [5.41, 5.74) is 1.62. The molecule has 0 aromatic heterocycles. The van der Waals surface area contributed by atoms with E-state index in [1.807, 2.05) is 19.9 Å². The number of nitrogens with one attached hydrogen (secondary N) is 1. The molecule has 3 rings (SSSR count). The normalized spacial score (nSPS) is 21.4. The van der Waals surface area contributed by atoms with Crippen molar-refractivity contribution in [2.75, 3.05) is 0 Å². The highest BCUT2D eigenvalue weighted by atomic mass is 16.2. The fraction of sp³-hybridized carbons (Fsp3) is 0.375. The Morgan fingerprint density at radius 1 is 1.14 bits per heavy atom. The van der Waals surface area contributed by atoms with Gasteiger partial charge in [0, 0.05) is 7.85 Å². The van der Waals surface area contributed by atoms with E-state index in [9.17, 15) is 19.2 Å². The Morgan fingerprint density at radius 3 is 2.45 bits per heavy atom. The largest absolute Gasteiger partial charge is 0.295 e. The minimum absolute atomic E-state index is 0. The van der Waals surface area contributed by atoms with Crippen molar-refractivity contribution < 1.29 is 20.6 Å². The van der Waals surface area contributed by atoms with Gasteiger partial charge in [0.1, 0.15) is 6.04 Å². The van der Waals surface area contributed by atoms with E-state index in [-0.39, 0.29) is 26.1 Å². The van der Waals surface area contributed by atoms with Gasteiger partial charge in [-0.05, 0) is 30.0 Å². The summed E-state index contributed by atoms with van der Waals surface area (Å²) >= 11 is 0. The predicted octanol–water partition coefficient (Wildman–Crippen LogP) is 1.46. The van der Waals surface area contributed by atoms with Crippen LogP contribution in [-0.4, -0.2) is 34.6 Å². The van der Waals surface area contributed by atoms with Gasteiger partial charge in [-0.2, -0.15) is 0 Å². The average Bonchev–Trinajstić information content (AvgIpc) is 2.71. The fourth-order valence-corrected chi connectivity index (χ4v) is 2.85. The zero-order valence-corrected chi connectivity index (χ0v) is 12.4. The number of hydrogen-bond donors (Lipinski definition) is 1. The summed E-state index contributed by atoms with van der Waals surface area (Å²) in [5.74, 6) is -1.66. The maximum Gasteiger partial charge on any atom is 0.262 e. The molecule has 1 N–H and O–H groups in total. The number of amides is 4. The number of rotatable bonds is 2. The lowest BCUT2D eigenvalue weighted by atomic mass is 9.98. The zero-order chi connectivity index (χ0) is 16.0. The van der Waals surface area contributed by atoms with Gasteiger partial charge in [-0.3, -0.25) is 29.4 Å². The predicted molar refractivity (Wildman–Crippen MR) is 79.3 cm³/mol. The summed E-state index contributed by atoms with van der Waals surface area (Å²) in [7, 11) is 0. The summed E-state index contributed by atoms with van der Waals surface area (Å²) in [6.45, 7) is 4.00. The first-order chi connectivity index (χ1) is 10.4. The maximum absolute atomic E-state index is 12.5. The van der Waals surface area contributed by atoms with Crippen molar-refractivity contribution in [1.82, 2.24) is 10.2 Å². The number of fused-ring (bicyclic) bond motifs is 1. The molecule has 6 heteroatoms. The molecule has 0 radical (unpaired) electrons. The van der Waals surface area contributed by atoms with Crippen LogP contribution in [-0.2, 0) is 9.59 Å². The SMILES string of the molecule is CC(C)c1ccc2c(c1)C(=O)N(C1CCC(=O)NC1=O)C2=O.[HH]. The van der Waals surface area contributed by atoms with Crippen LogP contribution in [0.15, 0.2) is 18.2 Å². The van der Waals surface area contributed by atoms with Gasteiger partial charge in [-0.15, -0.1) is 0 Å².